The minimum Gasteiger partial charge on any atom is -0.486 e. The van der Waals surface area contributed by atoms with Crippen LogP contribution in [0, 0.1) is 6.92 Å². The number of rotatable bonds is 4. The van der Waals surface area contributed by atoms with Gasteiger partial charge in [-0.1, -0.05) is 0 Å². The van der Waals surface area contributed by atoms with Gasteiger partial charge in [-0.3, -0.25) is 4.79 Å². The van der Waals surface area contributed by atoms with E-state index < -0.39 is 0 Å². The van der Waals surface area contributed by atoms with E-state index in [2.05, 4.69) is 21.7 Å². The molecule has 4 rings (SSSR count). The van der Waals surface area contributed by atoms with Crippen LogP contribution < -0.4 is 9.47 Å². The van der Waals surface area contributed by atoms with E-state index in [1.807, 2.05) is 30.0 Å². The Balaban J connectivity index is 1.32. The Bertz CT molecular complexity index is 823. The maximum absolute atomic E-state index is 12.6. The molecule has 0 N–H and O–H groups in total. The number of benzene rings is 1. The molecule has 1 atom stereocenters. The molecule has 0 aliphatic carbocycles. The maximum Gasteiger partial charge on any atom is 0.223 e. The summed E-state index contributed by atoms with van der Waals surface area (Å²) >= 11 is 1.66. The van der Waals surface area contributed by atoms with E-state index in [9.17, 15) is 4.79 Å². The molecule has 0 unspecified atom stereocenters. The number of hydrogen-bond acceptors (Lipinski definition) is 6. The maximum atomic E-state index is 12.6. The SMILES string of the molecule is Cc1nnc2n1[C@@H](C)CN(C(=O)CCSc1ccc3c(c1)OCCO3)C2. The van der Waals surface area contributed by atoms with Crippen LogP contribution in [0.15, 0.2) is 23.1 Å². The van der Waals surface area contributed by atoms with Crippen LogP contribution in [0.5, 0.6) is 11.5 Å². The summed E-state index contributed by atoms with van der Waals surface area (Å²) in [4.78, 5) is 15.6. The molecule has 2 aliphatic heterocycles. The standard InChI is InChI=1S/C18H22N4O3S/c1-12-10-21(11-17-20-19-13(2)22(12)17)18(23)5-8-26-14-3-4-15-16(9-14)25-7-6-24-15/h3-4,9,12H,5-8,10-11H2,1-2H3/t12-/m0/s1. The lowest BCUT2D eigenvalue weighted by molar-refractivity contribution is -0.132. The van der Waals surface area contributed by atoms with E-state index in [-0.39, 0.29) is 11.9 Å². The van der Waals surface area contributed by atoms with Gasteiger partial charge in [0.2, 0.25) is 5.91 Å². The average molecular weight is 374 g/mol. The summed E-state index contributed by atoms with van der Waals surface area (Å²) in [5.41, 5.74) is 0. The van der Waals surface area contributed by atoms with E-state index in [1.165, 1.54) is 0 Å². The van der Waals surface area contributed by atoms with Gasteiger partial charge in [0.25, 0.3) is 0 Å². The number of fused-ring (bicyclic) bond motifs is 2. The second-order valence-corrected chi connectivity index (χ2v) is 7.73. The van der Waals surface area contributed by atoms with E-state index >= 15 is 0 Å². The molecular weight excluding hydrogens is 352 g/mol. The predicted molar refractivity (Wildman–Crippen MR) is 97.7 cm³/mol. The van der Waals surface area contributed by atoms with E-state index in [4.69, 9.17) is 9.47 Å². The molecule has 2 aliphatic rings. The summed E-state index contributed by atoms with van der Waals surface area (Å²) < 4.78 is 13.3. The highest BCUT2D eigenvalue weighted by molar-refractivity contribution is 7.99. The van der Waals surface area contributed by atoms with E-state index in [0.717, 1.165) is 33.8 Å². The van der Waals surface area contributed by atoms with Gasteiger partial charge in [0.15, 0.2) is 17.3 Å². The van der Waals surface area contributed by atoms with Crippen LogP contribution in [-0.2, 0) is 11.3 Å². The van der Waals surface area contributed by atoms with E-state index in [0.29, 0.717) is 32.7 Å². The van der Waals surface area contributed by atoms with Crippen LogP contribution in [0.4, 0.5) is 0 Å². The molecule has 7 nitrogen and oxygen atoms in total. The summed E-state index contributed by atoms with van der Waals surface area (Å²) in [6, 6.07) is 6.14. The van der Waals surface area contributed by atoms with Crippen molar-refractivity contribution < 1.29 is 14.3 Å². The van der Waals surface area contributed by atoms with Crippen LogP contribution in [0.25, 0.3) is 0 Å². The van der Waals surface area contributed by atoms with Gasteiger partial charge in [0.1, 0.15) is 19.0 Å². The quantitative estimate of drug-likeness (QED) is 0.766. The van der Waals surface area contributed by atoms with E-state index in [1.54, 1.807) is 11.8 Å². The number of amides is 1. The molecule has 138 valence electrons. The van der Waals surface area contributed by atoms with Crippen molar-refractivity contribution in [1.82, 2.24) is 19.7 Å². The van der Waals surface area contributed by atoms with Crippen LogP contribution in [0.2, 0.25) is 0 Å². The summed E-state index contributed by atoms with van der Waals surface area (Å²) in [6.07, 6.45) is 0.499. The average Bonchev–Trinajstić information content (AvgIpc) is 3.03. The molecule has 0 fully saturated rings. The van der Waals surface area contributed by atoms with Gasteiger partial charge in [-0.2, -0.15) is 0 Å². The summed E-state index contributed by atoms with van der Waals surface area (Å²) in [5, 5.41) is 8.32. The minimum absolute atomic E-state index is 0.161. The van der Waals surface area contributed by atoms with Gasteiger partial charge < -0.3 is 18.9 Å². The summed E-state index contributed by atoms with van der Waals surface area (Å²) in [7, 11) is 0. The first-order valence-corrected chi connectivity index (χ1v) is 9.81. The van der Waals surface area contributed by atoms with Crippen molar-refractivity contribution in [2.75, 3.05) is 25.5 Å². The predicted octanol–water partition coefficient (Wildman–Crippen LogP) is 2.44. The number of carbonyl (C=O) groups is 1. The monoisotopic (exact) mass is 374 g/mol. The van der Waals surface area contributed by atoms with Crippen molar-refractivity contribution >= 4 is 17.7 Å². The number of ether oxygens (including phenoxy) is 2. The molecule has 1 aromatic heterocycles. The number of hydrogen-bond donors (Lipinski definition) is 0. The number of aryl methyl sites for hydroxylation is 1. The Hall–Kier alpha value is -2.22. The molecule has 2 aromatic rings. The van der Waals surface area contributed by atoms with Gasteiger partial charge >= 0.3 is 0 Å². The zero-order valence-electron chi connectivity index (χ0n) is 15.0. The molecule has 0 saturated carbocycles. The molecule has 1 aromatic carbocycles. The minimum atomic E-state index is 0.161. The van der Waals surface area contributed by atoms with Crippen LogP contribution in [-0.4, -0.2) is 51.1 Å². The number of aromatic nitrogens is 3. The van der Waals surface area contributed by atoms with Crippen molar-refractivity contribution in [2.24, 2.45) is 0 Å². The third-order valence-corrected chi connectivity index (χ3v) is 5.64. The molecule has 0 bridgehead atoms. The Labute approximate surface area is 156 Å². The van der Waals surface area contributed by atoms with Crippen molar-refractivity contribution in [2.45, 2.75) is 37.8 Å². The highest BCUT2D eigenvalue weighted by Gasteiger charge is 2.27. The molecule has 3 heterocycles. The Morgan fingerprint density at radius 1 is 1.27 bits per heavy atom. The van der Waals surface area contributed by atoms with Crippen LogP contribution in [0.1, 0.15) is 31.0 Å². The lowest BCUT2D eigenvalue weighted by Gasteiger charge is -2.32. The number of thioether (sulfide) groups is 1. The molecule has 0 saturated heterocycles. The largest absolute Gasteiger partial charge is 0.486 e. The Morgan fingerprint density at radius 3 is 2.92 bits per heavy atom. The molecule has 26 heavy (non-hydrogen) atoms. The van der Waals surface area contributed by atoms with Gasteiger partial charge in [-0.05, 0) is 32.0 Å². The molecular formula is C18H22N4O3S. The molecule has 1 amide bonds. The lowest BCUT2D eigenvalue weighted by Crippen LogP contribution is -2.40. The van der Waals surface area contributed by atoms with Gasteiger partial charge in [-0.25, -0.2) is 0 Å². The summed E-state index contributed by atoms with van der Waals surface area (Å²) in [5.74, 6) is 4.25. The third-order valence-electron chi connectivity index (χ3n) is 4.65. The number of carbonyl (C=O) groups excluding carboxylic acids is 1. The van der Waals surface area contributed by atoms with Gasteiger partial charge in [-0.15, -0.1) is 22.0 Å². The summed E-state index contributed by atoms with van der Waals surface area (Å²) in [6.45, 7) is 6.47. The van der Waals surface area contributed by atoms with Gasteiger partial charge in [0.05, 0.1) is 12.6 Å². The third kappa shape index (κ3) is 3.38. The first-order chi connectivity index (χ1) is 12.6. The second-order valence-electron chi connectivity index (χ2n) is 6.56. The van der Waals surface area contributed by atoms with Crippen molar-refractivity contribution in [3.8, 4) is 11.5 Å². The Kier molecular flexibility index (Phi) is 4.76. The molecule has 8 heteroatoms. The van der Waals surface area contributed by atoms with Gasteiger partial charge in [0, 0.05) is 23.6 Å². The fourth-order valence-electron chi connectivity index (χ4n) is 3.45. The van der Waals surface area contributed by atoms with Crippen molar-refractivity contribution in [1.29, 1.82) is 0 Å². The first-order valence-electron chi connectivity index (χ1n) is 8.82. The van der Waals surface area contributed by atoms with Crippen LogP contribution in [0.3, 0.4) is 0 Å². The second kappa shape index (κ2) is 7.19. The highest BCUT2D eigenvalue weighted by atomic mass is 32.2. The lowest BCUT2D eigenvalue weighted by atomic mass is 10.2. The smallest absolute Gasteiger partial charge is 0.223 e. The van der Waals surface area contributed by atoms with Crippen LogP contribution >= 0.6 is 11.8 Å². The fraction of sp³-hybridized carbons (Fsp3) is 0.500. The van der Waals surface area contributed by atoms with Crippen molar-refractivity contribution in [3.05, 3.63) is 29.8 Å². The van der Waals surface area contributed by atoms with Crippen molar-refractivity contribution in [3.63, 3.8) is 0 Å². The fourth-order valence-corrected chi connectivity index (χ4v) is 4.32. The highest BCUT2D eigenvalue weighted by Crippen LogP contribution is 2.34. The normalized spacial score (nSPS) is 18.5. The zero-order valence-corrected chi connectivity index (χ0v) is 15.8. The molecule has 0 spiro atoms. The number of nitrogens with zero attached hydrogens (tertiary/aromatic N) is 4. The topological polar surface area (TPSA) is 69.5 Å². The first kappa shape index (κ1) is 17.2. The Morgan fingerprint density at radius 2 is 2.08 bits per heavy atom. The zero-order chi connectivity index (χ0) is 18.1. The molecule has 0 radical (unpaired) electrons.